The van der Waals surface area contributed by atoms with E-state index in [0.717, 1.165) is 27.1 Å². The summed E-state index contributed by atoms with van der Waals surface area (Å²) in [4.78, 5) is 9.40. The monoisotopic (exact) mass is 462 g/mol. The highest BCUT2D eigenvalue weighted by Crippen LogP contribution is 2.34. The van der Waals surface area contributed by atoms with Gasteiger partial charge in [-0.1, -0.05) is 6.07 Å². The molecule has 33 heavy (non-hydrogen) atoms. The minimum absolute atomic E-state index is 0.0156. The minimum atomic E-state index is -3.31. The first-order valence-electron chi connectivity index (χ1n) is 11.9. The van der Waals surface area contributed by atoms with E-state index in [2.05, 4.69) is 20.4 Å². The molecule has 1 atom stereocenters. The Morgan fingerprint density at radius 2 is 2.21 bits per heavy atom. The second-order valence-corrected chi connectivity index (χ2v) is 7.97. The van der Waals surface area contributed by atoms with Crippen molar-refractivity contribution in [3.05, 3.63) is 36.8 Å². The number of piperidine rings is 1. The van der Waals surface area contributed by atoms with Crippen molar-refractivity contribution in [2.24, 2.45) is 0 Å². The van der Waals surface area contributed by atoms with Crippen LogP contribution in [-0.2, 0) is 6.54 Å². The number of hydrogen-bond acceptors (Lipinski definition) is 6. The SMILES string of the molecule is [2H]C([2H])([2H])N1CCC(Nc2nc(OC)c3c(-c4ccc5ncn(CCF)c5c4)ccn3n2)C(F)(F)C1. The highest BCUT2D eigenvalue weighted by molar-refractivity contribution is 5.89. The molecule has 1 saturated heterocycles. The zero-order valence-corrected chi connectivity index (χ0v) is 17.8. The molecule has 3 aromatic heterocycles. The number of fused-ring (bicyclic) bond motifs is 2. The molecule has 1 N–H and O–H groups in total. The third-order valence-electron chi connectivity index (χ3n) is 5.83. The lowest BCUT2D eigenvalue weighted by molar-refractivity contribution is -0.0675. The molecule has 8 nitrogen and oxygen atoms in total. The molecule has 0 radical (unpaired) electrons. The summed E-state index contributed by atoms with van der Waals surface area (Å²) in [6.07, 6.45) is 3.16. The molecule has 1 fully saturated rings. The van der Waals surface area contributed by atoms with Gasteiger partial charge in [0.2, 0.25) is 11.8 Å². The summed E-state index contributed by atoms with van der Waals surface area (Å²) in [6, 6.07) is 6.05. The average Bonchev–Trinajstić information content (AvgIpc) is 3.43. The van der Waals surface area contributed by atoms with Gasteiger partial charge in [-0.05, 0) is 37.2 Å². The summed E-state index contributed by atoms with van der Waals surface area (Å²) >= 11 is 0. The van der Waals surface area contributed by atoms with E-state index in [-0.39, 0.29) is 31.3 Å². The third kappa shape index (κ3) is 3.86. The average molecular weight is 462 g/mol. The smallest absolute Gasteiger partial charge is 0.280 e. The van der Waals surface area contributed by atoms with Gasteiger partial charge < -0.3 is 19.5 Å². The van der Waals surface area contributed by atoms with E-state index < -0.39 is 32.2 Å². The zero-order chi connectivity index (χ0) is 25.7. The summed E-state index contributed by atoms with van der Waals surface area (Å²) in [6.45, 7) is -3.82. The number of nitrogens with one attached hydrogen (secondary N) is 1. The van der Waals surface area contributed by atoms with Crippen molar-refractivity contribution in [1.82, 2.24) is 29.0 Å². The van der Waals surface area contributed by atoms with Crippen molar-refractivity contribution < 1.29 is 22.0 Å². The van der Waals surface area contributed by atoms with Crippen molar-refractivity contribution in [2.75, 3.05) is 39.2 Å². The lowest BCUT2D eigenvalue weighted by Crippen LogP contribution is -2.53. The van der Waals surface area contributed by atoms with Crippen molar-refractivity contribution >= 4 is 22.5 Å². The van der Waals surface area contributed by atoms with Crippen LogP contribution in [0.5, 0.6) is 5.88 Å². The van der Waals surface area contributed by atoms with Crippen LogP contribution in [0.3, 0.4) is 0 Å². The van der Waals surface area contributed by atoms with Gasteiger partial charge >= 0.3 is 0 Å². The van der Waals surface area contributed by atoms with Crippen LogP contribution in [-0.4, -0.2) is 74.9 Å². The number of benzene rings is 1. The Balaban J connectivity index is 1.47. The molecular formula is C22H24F3N7O. The number of ether oxygens (including phenoxy) is 1. The highest BCUT2D eigenvalue weighted by atomic mass is 19.3. The topological polar surface area (TPSA) is 72.5 Å². The number of anilines is 1. The van der Waals surface area contributed by atoms with Crippen LogP contribution >= 0.6 is 0 Å². The molecule has 1 unspecified atom stereocenters. The molecule has 0 aliphatic carbocycles. The van der Waals surface area contributed by atoms with Crippen LogP contribution in [0.4, 0.5) is 19.1 Å². The summed E-state index contributed by atoms with van der Waals surface area (Å²) in [5.74, 6) is -3.20. The molecular weight excluding hydrogens is 435 g/mol. The van der Waals surface area contributed by atoms with Gasteiger partial charge in [0.1, 0.15) is 12.2 Å². The first-order chi connectivity index (χ1) is 17.1. The molecule has 4 aromatic rings. The molecule has 4 heterocycles. The molecule has 5 rings (SSSR count). The van der Waals surface area contributed by atoms with E-state index in [1.807, 2.05) is 18.2 Å². The summed E-state index contributed by atoms with van der Waals surface area (Å²) in [5.41, 5.74) is 3.58. The number of halogens is 3. The molecule has 11 heteroatoms. The molecule has 0 amide bonds. The van der Waals surface area contributed by atoms with Crippen LogP contribution in [0.15, 0.2) is 36.8 Å². The second kappa shape index (κ2) is 8.22. The maximum absolute atomic E-state index is 14.8. The maximum atomic E-state index is 14.8. The number of nitrogens with zero attached hydrogens (tertiary/aromatic N) is 6. The predicted molar refractivity (Wildman–Crippen MR) is 119 cm³/mol. The standard InChI is InChI=1S/C22H24F3N7O/c1-30-8-6-18(22(24,25)12-30)27-21-28-20(33-2)19-15(5-9-32(19)29-21)14-3-4-16-17(11-14)31(10-7-23)13-26-16/h3-5,9,11,13,18H,6-8,10,12H2,1-2H3,(H,27,29)/i1D3. The number of likely N-dealkylation sites (tertiary alicyclic amines) is 1. The Morgan fingerprint density at radius 3 is 2.97 bits per heavy atom. The number of aromatic nitrogens is 5. The molecule has 0 spiro atoms. The Labute approximate surface area is 192 Å². The van der Waals surface area contributed by atoms with Crippen LogP contribution in [0.25, 0.3) is 27.7 Å². The van der Waals surface area contributed by atoms with Gasteiger partial charge in [0.15, 0.2) is 0 Å². The molecule has 1 aromatic carbocycles. The van der Waals surface area contributed by atoms with Crippen molar-refractivity contribution in [2.45, 2.75) is 24.9 Å². The van der Waals surface area contributed by atoms with Crippen LogP contribution in [0, 0.1) is 0 Å². The molecule has 174 valence electrons. The molecule has 1 aliphatic rings. The summed E-state index contributed by atoms with van der Waals surface area (Å²) in [5, 5.41) is 7.02. The minimum Gasteiger partial charge on any atom is -0.479 e. The van der Waals surface area contributed by atoms with E-state index in [9.17, 15) is 13.2 Å². The highest BCUT2D eigenvalue weighted by Gasteiger charge is 2.44. The first kappa shape index (κ1) is 18.1. The number of rotatable bonds is 6. The van der Waals surface area contributed by atoms with Gasteiger partial charge in [0.05, 0.1) is 43.6 Å². The van der Waals surface area contributed by atoms with Gasteiger partial charge in [-0.3, -0.25) is 0 Å². The van der Waals surface area contributed by atoms with Gasteiger partial charge in [0.25, 0.3) is 5.92 Å². The Hall–Kier alpha value is -3.34. The lowest BCUT2D eigenvalue weighted by Gasteiger charge is -2.36. The number of methoxy groups -OCH3 is 1. The normalized spacial score (nSPS) is 20.5. The van der Waals surface area contributed by atoms with Gasteiger partial charge in [-0.2, -0.15) is 4.98 Å². The Kier molecular flexibility index (Phi) is 4.51. The fourth-order valence-electron chi connectivity index (χ4n) is 4.20. The molecule has 0 saturated carbocycles. The van der Waals surface area contributed by atoms with Crippen LogP contribution < -0.4 is 10.1 Å². The largest absolute Gasteiger partial charge is 0.479 e. The summed E-state index contributed by atoms with van der Waals surface area (Å²) < 4.78 is 73.4. The van der Waals surface area contributed by atoms with Crippen molar-refractivity contribution in [3.63, 3.8) is 0 Å². The van der Waals surface area contributed by atoms with E-state index in [0.29, 0.717) is 5.52 Å². The zero-order valence-electron chi connectivity index (χ0n) is 20.8. The number of aryl methyl sites for hydroxylation is 1. The lowest BCUT2D eigenvalue weighted by atomic mass is 10.0. The van der Waals surface area contributed by atoms with Crippen molar-refractivity contribution in [1.29, 1.82) is 0 Å². The Bertz CT molecular complexity index is 1410. The number of hydrogen-bond donors (Lipinski definition) is 1. The second-order valence-electron chi connectivity index (χ2n) is 7.97. The Morgan fingerprint density at radius 1 is 1.33 bits per heavy atom. The van der Waals surface area contributed by atoms with Gasteiger partial charge in [-0.25, -0.2) is 22.7 Å². The fraction of sp³-hybridized carbons (Fsp3) is 0.409. The first-order valence-corrected chi connectivity index (χ1v) is 10.4. The van der Waals surface area contributed by atoms with Gasteiger partial charge in [0, 0.05) is 22.4 Å². The molecule has 0 bridgehead atoms. The third-order valence-corrected chi connectivity index (χ3v) is 5.83. The van der Waals surface area contributed by atoms with E-state index >= 15 is 0 Å². The van der Waals surface area contributed by atoms with E-state index in [1.54, 1.807) is 23.2 Å². The van der Waals surface area contributed by atoms with Crippen LogP contribution in [0.1, 0.15) is 10.5 Å². The quantitative estimate of drug-likeness (QED) is 0.473. The van der Waals surface area contributed by atoms with Crippen molar-refractivity contribution in [3.8, 4) is 17.0 Å². The predicted octanol–water partition coefficient (Wildman–Crippen LogP) is 3.48. The summed E-state index contributed by atoms with van der Waals surface area (Å²) in [7, 11) is 1.42. The van der Waals surface area contributed by atoms with Crippen LogP contribution in [0.2, 0.25) is 0 Å². The van der Waals surface area contributed by atoms with E-state index in [1.165, 1.54) is 11.6 Å². The number of imidazole rings is 1. The number of alkyl halides is 3. The van der Waals surface area contributed by atoms with Gasteiger partial charge in [-0.15, -0.1) is 5.10 Å². The van der Waals surface area contributed by atoms with E-state index in [4.69, 9.17) is 8.85 Å². The fourth-order valence-corrected chi connectivity index (χ4v) is 4.20. The molecule has 1 aliphatic heterocycles. The maximum Gasteiger partial charge on any atom is 0.280 e.